The second-order valence-corrected chi connectivity index (χ2v) is 9.05. The summed E-state index contributed by atoms with van der Waals surface area (Å²) in [6, 6.07) is 6.01. The van der Waals surface area contributed by atoms with Crippen LogP contribution in [-0.2, 0) is 27.2 Å². The van der Waals surface area contributed by atoms with E-state index in [1.807, 2.05) is 12.1 Å². The van der Waals surface area contributed by atoms with Crippen molar-refractivity contribution in [2.75, 3.05) is 25.4 Å². The summed E-state index contributed by atoms with van der Waals surface area (Å²) in [5.41, 5.74) is 3.41. The monoisotopic (exact) mass is 453 g/mol. The van der Waals surface area contributed by atoms with Crippen molar-refractivity contribution in [1.82, 2.24) is 9.88 Å². The lowest BCUT2D eigenvalue weighted by atomic mass is 9.89. The van der Waals surface area contributed by atoms with Crippen molar-refractivity contribution in [2.24, 2.45) is 5.92 Å². The number of esters is 1. The van der Waals surface area contributed by atoms with Crippen molar-refractivity contribution in [3.63, 3.8) is 0 Å². The molecule has 7 nitrogen and oxygen atoms in total. The van der Waals surface area contributed by atoms with E-state index in [1.165, 1.54) is 11.8 Å². The molecule has 0 aromatic carbocycles. The molecule has 0 N–H and O–H groups in total. The third-order valence-corrected chi connectivity index (χ3v) is 7.08. The van der Waals surface area contributed by atoms with E-state index in [2.05, 4.69) is 6.07 Å². The number of piperidine rings is 1. The minimum absolute atomic E-state index is 0.000248. The van der Waals surface area contributed by atoms with Crippen LogP contribution >= 0.6 is 11.8 Å². The Balaban J connectivity index is 1.48. The Labute approximate surface area is 192 Å². The zero-order valence-corrected chi connectivity index (χ0v) is 19.1. The van der Waals surface area contributed by atoms with Crippen molar-refractivity contribution < 1.29 is 18.7 Å². The number of nitrogens with zero attached hydrogens (tertiary/aromatic N) is 3. The van der Waals surface area contributed by atoms with Gasteiger partial charge in [-0.15, -0.1) is 0 Å². The zero-order chi connectivity index (χ0) is 22.5. The molecule has 0 radical (unpaired) electrons. The van der Waals surface area contributed by atoms with Gasteiger partial charge in [-0.05, 0) is 63.1 Å². The van der Waals surface area contributed by atoms with Gasteiger partial charge >= 0.3 is 5.97 Å². The second-order valence-electron chi connectivity index (χ2n) is 8.08. The Hall–Kier alpha value is -2.79. The Morgan fingerprint density at radius 3 is 2.78 bits per heavy atom. The van der Waals surface area contributed by atoms with Crippen LogP contribution in [0.1, 0.15) is 49.4 Å². The van der Waals surface area contributed by atoms with E-state index in [0.29, 0.717) is 48.9 Å². The summed E-state index contributed by atoms with van der Waals surface area (Å²) in [5.74, 6) is 0.588. The number of likely N-dealkylation sites (tertiary alicyclic amines) is 1. The summed E-state index contributed by atoms with van der Waals surface area (Å²) in [5, 5.41) is 10.5. The number of ether oxygens (including phenoxy) is 1. The van der Waals surface area contributed by atoms with Crippen LogP contribution in [0.15, 0.2) is 27.8 Å². The van der Waals surface area contributed by atoms with Gasteiger partial charge in [-0.2, -0.15) is 5.26 Å². The average Bonchev–Trinajstić information content (AvgIpc) is 3.36. The Kier molecular flexibility index (Phi) is 7.15. The number of hydrogen-bond donors (Lipinski definition) is 0. The van der Waals surface area contributed by atoms with E-state index in [-0.39, 0.29) is 23.5 Å². The van der Waals surface area contributed by atoms with Crippen LogP contribution in [0.2, 0.25) is 0 Å². The van der Waals surface area contributed by atoms with Gasteiger partial charge in [-0.3, -0.25) is 9.59 Å². The van der Waals surface area contributed by atoms with Crippen LogP contribution in [0.25, 0.3) is 11.3 Å². The quantitative estimate of drug-likeness (QED) is 0.482. The molecule has 0 atom stereocenters. The van der Waals surface area contributed by atoms with Crippen molar-refractivity contribution in [1.29, 1.82) is 5.26 Å². The molecule has 2 aromatic rings. The number of rotatable bonds is 6. The molecule has 1 amide bonds. The maximum Gasteiger partial charge on any atom is 0.309 e. The normalized spacial score (nSPS) is 16.3. The molecule has 3 heterocycles. The minimum Gasteiger partial charge on any atom is -0.466 e. The van der Waals surface area contributed by atoms with E-state index in [1.54, 1.807) is 18.1 Å². The standard InChI is InChI=1S/C24H27N3O4S/c1-2-30-24(29)16-9-11-27(12-10-16)21(28)15-32-23-18(14-25)22(20-8-5-13-31-20)17-6-3-4-7-19(17)26-23/h5,8,13,16H,2-4,6-7,9-12,15H2,1H3. The van der Waals surface area contributed by atoms with Crippen molar-refractivity contribution in [3.8, 4) is 17.4 Å². The number of hydrogen-bond acceptors (Lipinski definition) is 7. The Morgan fingerprint density at radius 1 is 1.31 bits per heavy atom. The predicted octanol–water partition coefficient (Wildman–Crippen LogP) is 3.99. The number of carbonyl (C=O) groups is 2. The first kappa shape index (κ1) is 22.4. The van der Waals surface area contributed by atoms with Crippen molar-refractivity contribution in [3.05, 3.63) is 35.2 Å². The molecular formula is C24H27N3O4S. The lowest BCUT2D eigenvalue weighted by molar-refractivity contribution is -0.151. The summed E-state index contributed by atoms with van der Waals surface area (Å²) >= 11 is 1.31. The fraction of sp³-hybridized carbons (Fsp3) is 0.500. The maximum absolute atomic E-state index is 12.8. The van der Waals surface area contributed by atoms with E-state index in [9.17, 15) is 14.9 Å². The lowest BCUT2D eigenvalue weighted by Gasteiger charge is -2.30. The molecule has 1 aliphatic carbocycles. The summed E-state index contributed by atoms with van der Waals surface area (Å²) < 4.78 is 10.8. The fourth-order valence-corrected chi connectivity index (χ4v) is 5.37. The Bertz CT molecular complexity index is 1020. The molecule has 0 saturated carbocycles. The van der Waals surface area contributed by atoms with E-state index in [4.69, 9.17) is 14.1 Å². The third kappa shape index (κ3) is 4.68. The molecule has 1 aliphatic heterocycles. The summed E-state index contributed by atoms with van der Waals surface area (Å²) in [7, 11) is 0. The number of aromatic nitrogens is 1. The number of carbonyl (C=O) groups excluding carboxylic acids is 2. The van der Waals surface area contributed by atoms with Crippen molar-refractivity contribution in [2.45, 2.75) is 50.5 Å². The van der Waals surface area contributed by atoms with Crippen LogP contribution in [0, 0.1) is 17.2 Å². The molecular weight excluding hydrogens is 426 g/mol. The van der Waals surface area contributed by atoms with E-state index >= 15 is 0 Å². The number of fused-ring (bicyclic) bond motifs is 1. The summed E-state index contributed by atoms with van der Waals surface area (Å²) in [6.45, 7) is 3.27. The van der Waals surface area contributed by atoms with Crippen molar-refractivity contribution >= 4 is 23.6 Å². The SMILES string of the molecule is CCOC(=O)C1CCN(C(=O)CSc2nc3c(c(-c4ccco4)c2C#N)CCCC3)CC1. The van der Waals surface area contributed by atoms with E-state index < -0.39 is 0 Å². The summed E-state index contributed by atoms with van der Waals surface area (Å²) in [4.78, 5) is 31.3. The van der Waals surface area contributed by atoms with Gasteiger partial charge in [0.15, 0.2) is 0 Å². The molecule has 4 rings (SSSR count). The molecule has 1 saturated heterocycles. The second kappa shape index (κ2) is 10.2. The number of amides is 1. The van der Waals surface area contributed by atoms with Gasteiger partial charge in [0.1, 0.15) is 16.9 Å². The molecule has 1 fully saturated rings. The van der Waals surface area contributed by atoms with Crippen LogP contribution < -0.4 is 0 Å². The highest BCUT2D eigenvalue weighted by Gasteiger charge is 2.29. The van der Waals surface area contributed by atoms with Gasteiger partial charge in [-0.25, -0.2) is 4.98 Å². The van der Waals surface area contributed by atoms with Gasteiger partial charge in [0, 0.05) is 24.3 Å². The number of thioether (sulfide) groups is 1. The number of furan rings is 1. The highest BCUT2D eigenvalue weighted by Crippen LogP contribution is 2.38. The molecule has 0 spiro atoms. The maximum atomic E-state index is 12.8. The minimum atomic E-state index is -0.170. The molecule has 32 heavy (non-hydrogen) atoms. The largest absolute Gasteiger partial charge is 0.466 e. The third-order valence-electron chi connectivity index (χ3n) is 6.12. The number of pyridine rings is 1. The fourth-order valence-electron chi connectivity index (χ4n) is 4.47. The van der Waals surface area contributed by atoms with E-state index in [0.717, 1.165) is 42.5 Å². The molecule has 2 aliphatic rings. The average molecular weight is 454 g/mol. The zero-order valence-electron chi connectivity index (χ0n) is 18.3. The predicted molar refractivity (Wildman–Crippen MR) is 120 cm³/mol. The molecule has 0 unspecified atom stereocenters. The van der Waals surface area contributed by atoms with Gasteiger partial charge in [0.25, 0.3) is 0 Å². The van der Waals surface area contributed by atoms with Gasteiger partial charge in [-0.1, -0.05) is 11.8 Å². The van der Waals surface area contributed by atoms with Gasteiger partial charge < -0.3 is 14.1 Å². The molecule has 0 bridgehead atoms. The first-order valence-electron chi connectivity index (χ1n) is 11.2. The molecule has 8 heteroatoms. The topological polar surface area (TPSA) is 96.4 Å². The van der Waals surface area contributed by atoms with Gasteiger partial charge in [0.05, 0.1) is 30.1 Å². The highest BCUT2D eigenvalue weighted by atomic mass is 32.2. The van der Waals surface area contributed by atoms with Crippen LogP contribution in [0.5, 0.6) is 0 Å². The number of nitriles is 1. The van der Waals surface area contributed by atoms with Gasteiger partial charge in [0.2, 0.25) is 5.91 Å². The van der Waals surface area contributed by atoms with Crippen LogP contribution in [0.3, 0.4) is 0 Å². The Morgan fingerprint density at radius 2 is 2.09 bits per heavy atom. The molecule has 168 valence electrons. The first-order chi connectivity index (χ1) is 15.6. The van der Waals surface area contributed by atoms with Crippen LogP contribution in [-0.4, -0.2) is 47.2 Å². The molecule has 2 aromatic heterocycles. The summed E-state index contributed by atoms with van der Waals surface area (Å²) in [6.07, 6.45) is 6.76. The highest BCUT2D eigenvalue weighted by molar-refractivity contribution is 8.00. The van der Waals surface area contributed by atoms with Crippen LogP contribution in [0.4, 0.5) is 0 Å². The smallest absolute Gasteiger partial charge is 0.309 e. The lowest BCUT2D eigenvalue weighted by Crippen LogP contribution is -2.41. The number of aryl methyl sites for hydroxylation is 1. The first-order valence-corrected chi connectivity index (χ1v) is 12.2.